The number of benzene rings is 2. The highest BCUT2D eigenvalue weighted by molar-refractivity contribution is 6.31. The second-order valence-electron chi connectivity index (χ2n) is 4.84. The quantitative estimate of drug-likeness (QED) is 0.688. The van der Waals surface area contributed by atoms with Crippen LogP contribution in [0.1, 0.15) is 28.9 Å². The predicted octanol–water partition coefficient (Wildman–Crippen LogP) is 3.23. The number of ether oxygens (including phenoxy) is 1. The van der Waals surface area contributed by atoms with Gasteiger partial charge < -0.3 is 4.74 Å². The van der Waals surface area contributed by atoms with E-state index < -0.39 is 12.1 Å². The van der Waals surface area contributed by atoms with Crippen molar-refractivity contribution in [3.05, 3.63) is 71.0 Å². The van der Waals surface area contributed by atoms with Crippen LogP contribution in [0.5, 0.6) is 0 Å². The predicted molar refractivity (Wildman–Crippen MR) is 84.4 cm³/mol. The third-order valence-electron chi connectivity index (χ3n) is 3.35. The minimum atomic E-state index is -0.474. The summed E-state index contributed by atoms with van der Waals surface area (Å²) in [7, 11) is 0. The molecule has 0 spiro atoms. The van der Waals surface area contributed by atoms with Crippen molar-refractivity contribution in [3.8, 4) is 5.69 Å². The van der Waals surface area contributed by atoms with Gasteiger partial charge in [0.25, 0.3) is 0 Å². The molecule has 0 amide bonds. The Hall–Kier alpha value is -2.73. The first-order valence-electron chi connectivity index (χ1n) is 6.94. The van der Waals surface area contributed by atoms with Gasteiger partial charge in [-0.1, -0.05) is 41.9 Å². The molecular formula is C16H13ClN4O2. The number of carbonyl (C=O) groups is 1. The summed E-state index contributed by atoms with van der Waals surface area (Å²) in [5.41, 5.74) is 1.68. The molecule has 2 aromatic carbocycles. The summed E-state index contributed by atoms with van der Waals surface area (Å²) in [6, 6.07) is 14.2. The highest BCUT2D eigenvalue weighted by Gasteiger charge is 2.19. The number of hydrogen-bond donors (Lipinski definition) is 0. The van der Waals surface area contributed by atoms with Gasteiger partial charge in [0.05, 0.1) is 11.3 Å². The maximum Gasteiger partial charge on any atom is 0.340 e. The van der Waals surface area contributed by atoms with E-state index in [9.17, 15) is 4.79 Å². The molecule has 0 saturated carbocycles. The molecule has 1 aromatic heterocycles. The molecule has 0 bridgehead atoms. The summed E-state index contributed by atoms with van der Waals surface area (Å²) in [4.78, 5) is 12.5. The number of nitrogens with zero attached hydrogens (tertiary/aromatic N) is 4. The summed E-state index contributed by atoms with van der Waals surface area (Å²) in [5.74, 6) is -0.469. The molecule has 0 radical (unpaired) electrons. The first-order chi connectivity index (χ1) is 11.2. The Morgan fingerprint density at radius 1 is 1.17 bits per heavy atom. The SMILES string of the molecule is C[C@H](OC(=O)c1ccccc1-n1cnnn1)c1ccccc1Cl. The van der Waals surface area contributed by atoms with Gasteiger partial charge >= 0.3 is 5.97 Å². The molecule has 7 heteroatoms. The number of aromatic nitrogens is 4. The topological polar surface area (TPSA) is 69.9 Å². The van der Waals surface area contributed by atoms with Crippen LogP contribution in [0.15, 0.2) is 54.9 Å². The van der Waals surface area contributed by atoms with E-state index in [-0.39, 0.29) is 0 Å². The van der Waals surface area contributed by atoms with Gasteiger partial charge in [-0.25, -0.2) is 4.79 Å². The molecule has 0 aliphatic rings. The zero-order valence-corrected chi connectivity index (χ0v) is 13.0. The standard InChI is InChI=1S/C16H13ClN4O2/c1-11(12-6-2-4-8-14(12)17)23-16(22)13-7-3-5-9-15(13)21-10-18-19-20-21/h2-11H,1H3/t11-/m0/s1. The Balaban J connectivity index is 1.86. The Morgan fingerprint density at radius 2 is 1.91 bits per heavy atom. The maximum atomic E-state index is 12.5. The van der Waals surface area contributed by atoms with Crippen LogP contribution in [0, 0.1) is 0 Å². The zero-order valence-electron chi connectivity index (χ0n) is 12.3. The molecule has 6 nitrogen and oxygen atoms in total. The minimum Gasteiger partial charge on any atom is -0.454 e. The molecule has 1 atom stereocenters. The lowest BCUT2D eigenvalue weighted by Crippen LogP contribution is -2.13. The van der Waals surface area contributed by atoms with E-state index in [1.54, 1.807) is 37.3 Å². The van der Waals surface area contributed by atoms with Gasteiger partial charge in [0.2, 0.25) is 0 Å². The van der Waals surface area contributed by atoms with E-state index >= 15 is 0 Å². The van der Waals surface area contributed by atoms with Crippen LogP contribution < -0.4 is 0 Å². The summed E-state index contributed by atoms with van der Waals surface area (Å²) >= 11 is 6.14. The van der Waals surface area contributed by atoms with Crippen molar-refractivity contribution in [3.63, 3.8) is 0 Å². The first kappa shape index (κ1) is 15.2. The van der Waals surface area contributed by atoms with Gasteiger partial charge in [0.15, 0.2) is 0 Å². The Labute approximate surface area is 137 Å². The molecule has 3 aromatic rings. The molecule has 1 heterocycles. The summed E-state index contributed by atoms with van der Waals surface area (Å²) in [6.07, 6.45) is 0.946. The molecule has 0 unspecified atom stereocenters. The Morgan fingerprint density at radius 3 is 2.65 bits per heavy atom. The number of carbonyl (C=O) groups excluding carboxylic acids is 1. The largest absolute Gasteiger partial charge is 0.454 e. The maximum absolute atomic E-state index is 12.5. The van der Waals surface area contributed by atoms with Gasteiger partial charge in [-0.2, -0.15) is 4.68 Å². The number of para-hydroxylation sites is 1. The second kappa shape index (κ2) is 6.58. The fourth-order valence-corrected chi connectivity index (χ4v) is 2.50. The number of tetrazole rings is 1. The van der Waals surface area contributed by atoms with Crippen molar-refractivity contribution in [1.29, 1.82) is 0 Å². The fraction of sp³-hybridized carbons (Fsp3) is 0.125. The molecule has 3 rings (SSSR count). The summed E-state index contributed by atoms with van der Waals surface area (Å²) < 4.78 is 6.95. The fourth-order valence-electron chi connectivity index (χ4n) is 2.21. The van der Waals surface area contributed by atoms with Crippen LogP contribution in [0.25, 0.3) is 5.69 Å². The molecule has 0 aliphatic heterocycles. The van der Waals surface area contributed by atoms with Gasteiger partial charge in [-0.3, -0.25) is 0 Å². The third kappa shape index (κ3) is 3.22. The first-order valence-corrected chi connectivity index (χ1v) is 7.32. The van der Waals surface area contributed by atoms with Crippen LogP contribution in [0.2, 0.25) is 5.02 Å². The molecule has 0 saturated heterocycles. The number of halogens is 1. The van der Waals surface area contributed by atoms with Crippen molar-refractivity contribution in [1.82, 2.24) is 20.2 Å². The zero-order chi connectivity index (χ0) is 16.2. The highest BCUT2D eigenvalue weighted by atomic mass is 35.5. The van der Waals surface area contributed by atoms with Gasteiger partial charge in [-0.15, -0.1) is 5.10 Å². The Bertz CT molecular complexity index is 820. The lowest BCUT2D eigenvalue weighted by Gasteiger charge is -2.16. The van der Waals surface area contributed by atoms with Crippen LogP contribution in [-0.4, -0.2) is 26.2 Å². The van der Waals surface area contributed by atoms with Crippen molar-refractivity contribution in [2.24, 2.45) is 0 Å². The van der Waals surface area contributed by atoms with Crippen molar-refractivity contribution < 1.29 is 9.53 Å². The van der Waals surface area contributed by atoms with E-state index in [1.807, 2.05) is 18.2 Å². The van der Waals surface area contributed by atoms with E-state index in [0.717, 1.165) is 5.56 Å². The summed E-state index contributed by atoms with van der Waals surface area (Å²) in [5, 5.41) is 11.5. The minimum absolute atomic E-state index is 0.374. The van der Waals surface area contributed by atoms with Crippen LogP contribution in [0.4, 0.5) is 0 Å². The average molecular weight is 329 g/mol. The lowest BCUT2D eigenvalue weighted by atomic mass is 10.1. The van der Waals surface area contributed by atoms with E-state index in [2.05, 4.69) is 15.5 Å². The number of hydrogen-bond acceptors (Lipinski definition) is 5. The molecule has 0 fully saturated rings. The van der Waals surface area contributed by atoms with Crippen molar-refractivity contribution in [2.45, 2.75) is 13.0 Å². The van der Waals surface area contributed by atoms with Gasteiger partial charge in [0, 0.05) is 10.6 Å². The smallest absolute Gasteiger partial charge is 0.340 e. The molecule has 0 N–H and O–H groups in total. The van der Waals surface area contributed by atoms with Crippen molar-refractivity contribution in [2.75, 3.05) is 0 Å². The third-order valence-corrected chi connectivity index (χ3v) is 3.69. The normalized spacial score (nSPS) is 11.9. The van der Waals surface area contributed by atoms with Gasteiger partial charge in [-0.05, 0) is 35.5 Å². The lowest BCUT2D eigenvalue weighted by molar-refractivity contribution is 0.0338. The van der Waals surface area contributed by atoms with E-state index in [1.165, 1.54) is 11.0 Å². The van der Waals surface area contributed by atoms with Crippen LogP contribution in [0.3, 0.4) is 0 Å². The molecule has 23 heavy (non-hydrogen) atoms. The van der Waals surface area contributed by atoms with Crippen LogP contribution in [-0.2, 0) is 4.74 Å². The van der Waals surface area contributed by atoms with Crippen LogP contribution >= 0.6 is 11.6 Å². The monoisotopic (exact) mass is 328 g/mol. The van der Waals surface area contributed by atoms with Gasteiger partial charge in [0.1, 0.15) is 12.4 Å². The highest BCUT2D eigenvalue weighted by Crippen LogP contribution is 2.26. The number of rotatable bonds is 4. The Kier molecular flexibility index (Phi) is 4.34. The molecule has 116 valence electrons. The number of esters is 1. The van der Waals surface area contributed by atoms with E-state index in [4.69, 9.17) is 16.3 Å². The summed E-state index contributed by atoms with van der Waals surface area (Å²) in [6.45, 7) is 1.78. The average Bonchev–Trinajstić information content (AvgIpc) is 3.09. The van der Waals surface area contributed by atoms with E-state index in [0.29, 0.717) is 16.3 Å². The van der Waals surface area contributed by atoms with Crippen molar-refractivity contribution >= 4 is 17.6 Å². The molecular weight excluding hydrogens is 316 g/mol. The second-order valence-corrected chi connectivity index (χ2v) is 5.25. The molecule has 0 aliphatic carbocycles.